The highest BCUT2D eigenvalue weighted by Gasteiger charge is 2.33. The molecule has 0 unspecified atom stereocenters. The molecule has 1 N–H and O–H groups in total. The lowest BCUT2D eigenvalue weighted by atomic mass is 9.99. The molecule has 0 bridgehead atoms. The highest BCUT2D eigenvalue weighted by molar-refractivity contribution is 5.80. The summed E-state index contributed by atoms with van der Waals surface area (Å²) in [6.07, 6.45) is 6.26. The third-order valence-corrected chi connectivity index (χ3v) is 6.92. The van der Waals surface area contributed by atoms with Crippen LogP contribution in [0.1, 0.15) is 68.8 Å². The van der Waals surface area contributed by atoms with Gasteiger partial charge in [0, 0.05) is 18.2 Å². The molecule has 1 saturated carbocycles. The molecular formula is C26H32N6O3. The Kier molecular flexibility index (Phi) is 6.68. The van der Waals surface area contributed by atoms with Crippen LogP contribution in [0.15, 0.2) is 51.9 Å². The predicted molar refractivity (Wildman–Crippen MR) is 132 cm³/mol. The van der Waals surface area contributed by atoms with E-state index in [1.165, 1.54) is 12.8 Å². The van der Waals surface area contributed by atoms with Crippen molar-refractivity contribution in [3.05, 3.63) is 70.2 Å². The van der Waals surface area contributed by atoms with Gasteiger partial charge in [0.25, 0.3) is 5.56 Å². The van der Waals surface area contributed by atoms with Crippen LogP contribution >= 0.6 is 0 Å². The smallest absolute Gasteiger partial charge is 0.252 e. The molecule has 0 radical (unpaired) electrons. The first-order chi connectivity index (χ1) is 17.0. The average molecular weight is 477 g/mol. The molecule has 5 rings (SSSR count). The number of furan rings is 1. The van der Waals surface area contributed by atoms with Crippen LogP contribution in [0.25, 0.3) is 10.9 Å². The first-order valence-electron chi connectivity index (χ1n) is 12.3. The molecule has 0 aliphatic heterocycles. The molecule has 1 fully saturated rings. The maximum atomic E-state index is 13.1. The van der Waals surface area contributed by atoms with Gasteiger partial charge in [-0.15, -0.1) is 5.10 Å². The molecule has 9 nitrogen and oxygen atoms in total. The fourth-order valence-corrected chi connectivity index (χ4v) is 5.23. The van der Waals surface area contributed by atoms with Gasteiger partial charge in [0.05, 0.1) is 37.5 Å². The third-order valence-electron chi connectivity index (χ3n) is 6.92. The van der Waals surface area contributed by atoms with E-state index in [4.69, 9.17) is 9.15 Å². The first-order valence-corrected chi connectivity index (χ1v) is 12.3. The number of tetrazole rings is 1. The number of H-pyrrole nitrogens is 1. The van der Waals surface area contributed by atoms with Crippen LogP contribution in [0, 0.1) is 5.92 Å². The summed E-state index contributed by atoms with van der Waals surface area (Å²) in [5.41, 5.74) is 1.31. The van der Waals surface area contributed by atoms with Crippen molar-refractivity contribution in [2.75, 3.05) is 7.11 Å². The molecule has 1 aliphatic rings. The van der Waals surface area contributed by atoms with Gasteiger partial charge in [0.2, 0.25) is 0 Å². The van der Waals surface area contributed by atoms with Crippen molar-refractivity contribution in [1.82, 2.24) is 30.1 Å². The SMILES string of the molecule is COc1ccc2cc(CN(Cc3ccco3)[C@H](c3nnnn3C3CCCC3)C(C)C)c(=O)[nH]c2c1. The molecule has 1 atom stereocenters. The number of aromatic amines is 1. The van der Waals surface area contributed by atoms with E-state index in [2.05, 4.69) is 39.3 Å². The lowest BCUT2D eigenvalue weighted by Gasteiger charge is -2.33. The number of fused-ring (bicyclic) bond motifs is 1. The molecule has 9 heteroatoms. The lowest BCUT2D eigenvalue weighted by molar-refractivity contribution is 0.114. The molecule has 184 valence electrons. The second kappa shape index (κ2) is 10.0. The largest absolute Gasteiger partial charge is 0.497 e. The van der Waals surface area contributed by atoms with Crippen molar-refractivity contribution in [2.45, 2.75) is 64.7 Å². The van der Waals surface area contributed by atoms with E-state index in [0.717, 1.165) is 35.3 Å². The molecule has 1 aliphatic carbocycles. The average Bonchev–Trinajstić information content (AvgIpc) is 3.62. The van der Waals surface area contributed by atoms with Crippen molar-refractivity contribution in [3.8, 4) is 5.75 Å². The summed E-state index contributed by atoms with van der Waals surface area (Å²) in [7, 11) is 1.62. The predicted octanol–water partition coefficient (Wildman–Crippen LogP) is 4.63. The Labute approximate surface area is 204 Å². The van der Waals surface area contributed by atoms with Crippen LogP contribution in [0.3, 0.4) is 0 Å². The minimum Gasteiger partial charge on any atom is -0.497 e. The summed E-state index contributed by atoms with van der Waals surface area (Å²) in [6.45, 7) is 5.31. The molecule has 0 spiro atoms. The highest BCUT2D eigenvalue weighted by Crippen LogP contribution is 2.35. The third kappa shape index (κ3) is 4.86. The topological polar surface area (TPSA) is 102 Å². The van der Waals surface area contributed by atoms with E-state index in [1.54, 1.807) is 13.4 Å². The minimum absolute atomic E-state index is 0.0957. The van der Waals surface area contributed by atoms with Gasteiger partial charge in [-0.3, -0.25) is 9.69 Å². The molecule has 35 heavy (non-hydrogen) atoms. The number of benzene rings is 1. The second-order valence-corrected chi connectivity index (χ2v) is 9.67. The Morgan fingerprint density at radius 3 is 2.74 bits per heavy atom. The van der Waals surface area contributed by atoms with Gasteiger partial charge in [0.15, 0.2) is 5.82 Å². The number of methoxy groups -OCH3 is 1. The molecule has 3 aromatic heterocycles. The number of nitrogens with one attached hydrogen (secondary N) is 1. The summed E-state index contributed by atoms with van der Waals surface area (Å²) in [4.78, 5) is 18.4. The van der Waals surface area contributed by atoms with E-state index < -0.39 is 0 Å². The van der Waals surface area contributed by atoms with E-state index in [9.17, 15) is 4.79 Å². The minimum atomic E-state index is -0.118. The molecule has 0 saturated heterocycles. The maximum Gasteiger partial charge on any atom is 0.252 e. The number of aromatic nitrogens is 5. The van der Waals surface area contributed by atoms with Gasteiger partial charge in [-0.05, 0) is 64.9 Å². The van der Waals surface area contributed by atoms with Crippen LogP contribution in [-0.4, -0.2) is 37.2 Å². The molecule has 3 heterocycles. The van der Waals surface area contributed by atoms with Crippen molar-refractivity contribution < 1.29 is 9.15 Å². The van der Waals surface area contributed by atoms with E-state index in [-0.39, 0.29) is 17.5 Å². The molecular weight excluding hydrogens is 444 g/mol. The summed E-state index contributed by atoms with van der Waals surface area (Å²) < 4.78 is 13.0. The Balaban J connectivity index is 1.54. The van der Waals surface area contributed by atoms with Gasteiger partial charge in [-0.2, -0.15) is 0 Å². The van der Waals surface area contributed by atoms with E-state index in [1.807, 2.05) is 41.1 Å². The van der Waals surface area contributed by atoms with Gasteiger partial charge in [-0.25, -0.2) is 4.68 Å². The molecule has 0 amide bonds. The number of rotatable bonds is 9. The summed E-state index contributed by atoms with van der Waals surface area (Å²) in [5.74, 6) is 2.59. The Morgan fingerprint density at radius 2 is 2.03 bits per heavy atom. The van der Waals surface area contributed by atoms with Gasteiger partial charge < -0.3 is 14.1 Å². The molecule has 1 aromatic carbocycles. The van der Waals surface area contributed by atoms with Crippen molar-refractivity contribution in [3.63, 3.8) is 0 Å². The summed E-state index contributed by atoms with van der Waals surface area (Å²) >= 11 is 0. The highest BCUT2D eigenvalue weighted by atomic mass is 16.5. The number of ether oxygens (including phenoxy) is 1. The lowest BCUT2D eigenvalue weighted by Crippen LogP contribution is -2.35. The van der Waals surface area contributed by atoms with Gasteiger partial charge >= 0.3 is 0 Å². The van der Waals surface area contributed by atoms with Gasteiger partial charge in [0.1, 0.15) is 11.5 Å². The van der Waals surface area contributed by atoms with Crippen LogP contribution in [-0.2, 0) is 13.1 Å². The Bertz CT molecular complexity index is 1320. The Morgan fingerprint density at radius 1 is 1.20 bits per heavy atom. The van der Waals surface area contributed by atoms with Crippen LogP contribution in [0.5, 0.6) is 5.75 Å². The second-order valence-electron chi connectivity index (χ2n) is 9.67. The van der Waals surface area contributed by atoms with Crippen molar-refractivity contribution in [2.24, 2.45) is 5.92 Å². The normalized spacial score (nSPS) is 15.5. The fourth-order valence-electron chi connectivity index (χ4n) is 5.23. The first kappa shape index (κ1) is 23.3. The van der Waals surface area contributed by atoms with Gasteiger partial charge in [-0.1, -0.05) is 26.7 Å². The number of hydrogen-bond acceptors (Lipinski definition) is 7. The molecule has 4 aromatic rings. The zero-order valence-electron chi connectivity index (χ0n) is 20.5. The number of pyridine rings is 1. The van der Waals surface area contributed by atoms with Crippen molar-refractivity contribution >= 4 is 10.9 Å². The fraction of sp³-hybridized carbons (Fsp3) is 0.462. The quantitative estimate of drug-likeness (QED) is 0.376. The van der Waals surface area contributed by atoms with Crippen LogP contribution < -0.4 is 10.3 Å². The standard InChI is InChI=1S/C26H32N6O3/c1-17(2)24(25-28-29-30-32(25)20-7-4-5-8-20)31(16-22-9-6-12-35-22)15-19-13-18-10-11-21(34-3)14-23(18)27-26(19)33/h6,9-14,17,20,24H,4-5,7-8,15-16H2,1-3H3,(H,27,33)/t24-/m0/s1. The Hall–Kier alpha value is -3.46. The van der Waals surface area contributed by atoms with Crippen LogP contribution in [0.4, 0.5) is 0 Å². The number of nitrogens with zero attached hydrogens (tertiary/aromatic N) is 5. The van der Waals surface area contributed by atoms with Crippen molar-refractivity contribution in [1.29, 1.82) is 0 Å². The monoisotopic (exact) mass is 476 g/mol. The summed E-state index contributed by atoms with van der Waals surface area (Å²) in [5, 5.41) is 13.9. The zero-order valence-corrected chi connectivity index (χ0v) is 20.5. The van der Waals surface area contributed by atoms with E-state index in [0.29, 0.717) is 30.4 Å². The summed E-state index contributed by atoms with van der Waals surface area (Å²) in [6, 6.07) is 11.7. The maximum absolute atomic E-state index is 13.1. The zero-order chi connectivity index (χ0) is 24.4. The number of hydrogen-bond donors (Lipinski definition) is 1. The van der Waals surface area contributed by atoms with Crippen LogP contribution in [0.2, 0.25) is 0 Å². The van der Waals surface area contributed by atoms with E-state index >= 15 is 0 Å².